The van der Waals surface area contributed by atoms with Gasteiger partial charge in [-0.1, -0.05) is 18.2 Å². The van der Waals surface area contributed by atoms with Crippen LogP contribution in [0.25, 0.3) is 0 Å². The van der Waals surface area contributed by atoms with Crippen LogP contribution in [-0.2, 0) is 24.8 Å². The molecule has 0 aliphatic rings. The lowest BCUT2D eigenvalue weighted by molar-refractivity contribution is -0.120. The Bertz CT molecular complexity index is 734. The van der Waals surface area contributed by atoms with Gasteiger partial charge in [-0.2, -0.15) is 0 Å². The summed E-state index contributed by atoms with van der Waals surface area (Å²) in [6.07, 6.45) is 1.73. The van der Waals surface area contributed by atoms with Crippen LogP contribution in [0, 0.1) is 6.92 Å². The van der Waals surface area contributed by atoms with Gasteiger partial charge in [0.15, 0.2) is 0 Å². The third-order valence-electron chi connectivity index (χ3n) is 3.71. The van der Waals surface area contributed by atoms with E-state index in [1.54, 1.807) is 31.8 Å². The minimum absolute atomic E-state index is 0.0150. The van der Waals surface area contributed by atoms with Crippen LogP contribution in [0.2, 0.25) is 0 Å². The summed E-state index contributed by atoms with van der Waals surface area (Å²) in [7, 11) is 3.31. The quantitative estimate of drug-likeness (QED) is 0.853. The zero-order chi connectivity index (χ0) is 17.0. The van der Waals surface area contributed by atoms with Crippen molar-refractivity contribution in [2.45, 2.75) is 19.9 Å². The number of amides is 1. The standard InChI is InChI=1S/C17H20N2O4/c1-11-10-19(2)13(16(11)17(21)22)8-15(20)18-9-12-6-4-5-7-14(12)23-3/h4-7,10H,8-9H2,1-3H3,(H,18,20)(H,21,22). The highest BCUT2D eigenvalue weighted by molar-refractivity contribution is 5.93. The van der Waals surface area contributed by atoms with E-state index < -0.39 is 5.97 Å². The summed E-state index contributed by atoms with van der Waals surface area (Å²) in [6.45, 7) is 2.05. The molecule has 2 rings (SSSR count). The molecule has 6 nitrogen and oxygen atoms in total. The molecular formula is C17H20N2O4. The number of benzene rings is 1. The zero-order valence-electron chi connectivity index (χ0n) is 13.4. The van der Waals surface area contributed by atoms with E-state index in [1.165, 1.54) is 0 Å². The van der Waals surface area contributed by atoms with E-state index >= 15 is 0 Å². The van der Waals surface area contributed by atoms with E-state index in [2.05, 4.69) is 5.32 Å². The van der Waals surface area contributed by atoms with Crippen molar-refractivity contribution < 1.29 is 19.4 Å². The van der Waals surface area contributed by atoms with Gasteiger partial charge in [0.25, 0.3) is 0 Å². The number of methoxy groups -OCH3 is 1. The number of rotatable bonds is 6. The lowest BCUT2D eigenvalue weighted by Crippen LogP contribution is -2.26. The number of carboxylic acids is 1. The molecule has 0 saturated carbocycles. The lowest BCUT2D eigenvalue weighted by Gasteiger charge is -2.10. The molecule has 0 aliphatic carbocycles. The maximum atomic E-state index is 12.2. The van der Waals surface area contributed by atoms with E-state index in [9.17, 15) is 14.7 Å². The number of hydrogen-bond donors (Lipinski definition) is 2. The third kappa shape index (κ3) is 3.71. The predicted octanol–water partition coefficient (Wildman–Crippen LogP) is 1.90. The molecule has 2 N–H and O–H groups in total. The molecule has 1 aromatic heterocycles. The second kappa shape index (κ2) is 7.00. The number of para-hydroxylation sites is 1. The van der Waals surface area contributed by atoms with E-state index in [-0.39, 0.29) is 17.9 Å². The molecular weight excluding hydrogens is 296 g/mol. The van der Waals surface area contributed by atoms with Gasteiger partial charge in [0.05, 0.1) is 19.1 Å². The first-order chi connectivity index (χ1) is 10.9. The maximum Gasteiger partial charge on any atom is 0.337 e. The monoisotopic (exact) mass is 316 g/mol. The minimum Gasteiger partial charge on any atom is -0.496 e. The fourth-order valence-corrected chi connectivity index (χ4v) is 2.60. The van der Waals surface area contributed by atoms with Crippen molar-refractivity contribution in [3.8, 4) is 5.75 Å². The fourth-order valence-electron chi connectivity index (χ4n) is 2.60. The fraction of sp³-hybridized carbons (Fsp3) is 0.294. The summed E-state index contributed by atoms with van der Waals surface area (Å²) in [4.78, 5) is 23.5. The molecule has 0 radical (unpaired) electrons. The molecule has 1 amide bonds. The van der Waals surface area contributed by atoms with E-state index in [1.807, 2.05) is 24.3 Å². The predicted molar refractivity (Wildman–Crippen MR) is 85.7 cm³/mol. The molecule has 0 spiro atoms. The average Bonchev–Trinajstić information content (AvgIpc) is 2.79. The number of ether oxygens (including phenoxy) is 1. The minimum atomic E-state index is -1.02. The number of nitrogens with one attached hydrogen (secondary N) is 1. The summed E-state index contributed by atoms with van der Waals surface area (Å²) in [6, 6.07) is 7.42. The van der Waals surface area contributed by atoms with Crippen LogP contribution in [0.1, 0.15) is 27.2 Å². The Hall–Kier alpha value is -2.76. The van der Waals surface area contributed by atoms with E-state index in [0.29, 0.717) is 23.6 Å². The molecule has 0 unspecified atom stereocenters. The largest absolute Gasteiger partial charge is 0.496 e. The highest BCUT2D eigenvalue weighted by atomic mass is 16.5. The summed E-state index contributed by atoms with van der Waals surface area (Å²) < 4.78 is 6.92. The number of carboxylic acid groups (broad SMARTS) is 1. The van der Waals surface area contributed by atoms with Crippen molar-refractivity contribution in [3.05, 3.63) is 52.8 Å². The van der Waals surface area contributed by atoms with E-state index in [0.717, 1.165) is 5.56 Å². The molecule has 23 heavy (non-hydrogen) atoms. The number of aryl methyl sites for hydroxylation is 2. The number of aromatic nitrogens is 1. The van der Waals surface area contributed by atoms with E-state index in [4.69, 9.17) is 4.74 Å². The smallest absolute Gasteiger partial charge is 0.337 e. The Balaban J connectivity index is 2.07. The Morgan fingerprint density at radius 3 is 2.65 bits per heavy atom. The Labute approximate surface area is 134 Å². The molecule has 0 saturated heterocycles. The molecule has 2 aromatic rings. The van der Waals surface area contributed by atoms with Gasteiger partial charge in [0.1, 0.15) is 5.75 Å². The molecule has 122 valence electrons. The summed E-state index contributed by atoms with van der Waals surface area (Å²) >= 11 is 0. The second-order valence-electron chi connectivity index (χ2n) is 5.32. The Kier molecular flexibility index (Phi) is 5.05. The number of carbonyl (C=O) groups excluding carboxylic acids is 1. The average molecular weight is 316 g/mol. The van der Waals surface area contributed by atoms with Gasteiger partial charge >= 0.3 is 5.97 Å². The zero-order valence-corrected chi connectivity index (χ0v) is 13.4. The van der Waals surface area contributed by atoms with Crippen molar-refractivity contribution >= 4 is 11.9 Å². The van der Waals surface area contributed by atoms with Crippen LogP contribution in [0.15, 0.2) is 30.5 Å². The summed E-state index contributed by atoms with van der Waals surface area (Å²) in [5.41, 5.74) is 2.20. The van der Waals surface area contributed by atoms with Crippen molar-refractivity contribution in [1.82, 2.24) is 9.88 Å². The Morgan fingerprint density at radius 2 is 2.00 bits per heavy atom. The van der Waals surface area contributed by atoms with Gasteiger partial charge in [-0.3, -0.25) is 4.79 Å². The molecule has 6 heteroatoms. The topological polar surface area (TPSA) is 80.6 Å². The molecule has 0 fully saturated rings. The van der Waals surface area contributed by atoms with Crippen LogP contribution in [0.3, 0.4) is 0 Å². The molecule has 1 aromatic carbocycles. The summed E-state index contributed by atoms with van der Waals surface area (Å²) in [5.74, 6) is -0.552. The summed E-state index contributed by atoms with van der Waals surface area (Å²) in [5, 5.41) is 12.1. The highest BCUT2D eigenvalue weighted by Gasteiger charge is 2.20. The molecule has 1 heterocycles. The van der Waals surface area contributed by atoms with Crippen LogP contribution in [0.4, 0.5) is 0 Å². The second-order valence-corrected chi connectivity index (χ2v) is 5.32. The van der Waals surface area contributed by atoms with Crippen molar-refractivity contribution in [2.24, 2.45) is 7.05 Å². The van der Waals surface area contributed by atoms with Crippen LogP contribution >= 0.6 is 0 Å². The number of carbonyl (C=O) groups is 2. The third-order valence-corrected chi connectivity index (χ3v) is 3.71. The molecule has 0 atom stereocenters. The maximum absolute atomic E-state index is 12.2. The van der Waals surface area contributed by atoms with Gasteiger partial charge in [0, 0.05) is 31.0 Å². The van der Waals surface area contributed by atoms with Crippen molar-refractivity contribution in [2.75, 3.05) is 7.11 Å². The first-order valence-corrected chi connectivity index (χ1v) is 7.20. The molecule has 0 aliphatic heterocycles. The normalized spacial score (nSPS) is 10.4. The van der Waals surface area contributed by atoms with Gasteiger partial charge < -0.3 is 19.7 Å². The molecule has 0 bridgehead atoms. The highest BCUT2D eigenvalue weighted by Crippen LogP contribution is 2.18. The lowest BCUT2D eigenvalue weighted by atomic mass is 10.1. The number of nitrogens with zero attached hydrogens (tertiary/aromatic N) is 1. The first kappa shape index (κ1) is 16.6. The van der Waals surface area contributed by atoms with Crippen LogP contribution in [0.5, 0.6) is 5.75 Å². The van der Waals surface area contributed by atoms with Gasteiger partial charge in [0.2, 0.25) is 5.91 Å². The first-order valence-electron chi connectivity index (χ1n) is 7.20. The van der Waals surface area contributed by atoms with Gasteiger partial charge in [-0.25, -0.2) is 4.79 Å². The van der Waals surface area contributed by atoms with Crippen molar-refractivity contribution in [1.29, 1.82) is 0 Å². The number of hydrogen-bond acceptors (Lipinski definition) is 3. The van der Waals surface area contributed by atoms with Crippen LogP contribution < -0.4 is 10.1 Å². The van der Waals surface area contributed by atoms with Crippen LogP contribution in [-0.4, -0.2) is 28.7 Å². The van der Waals surface area contributed by atoms with Gasteiger partial charge in [-0.05, 0) is 18.6 Å². The van der Waals surface area contributed by atoms with Gasteiger partial charge in [-0.15, -0.1) is 0 Å². The Morgan fingerprint density at radius 1 is 1.30 bits per heavy atom. The number of aromatic carboxylic acids is 1. The SMILES string of the molecule is COc1ccccc1CNC(=O)Cc1c(C(=O)O)c(C)cn1C. The van der Waals surface area contributed by atoms with Crippen molar-refractivity contribution in [3.63, 3.8) is 0 Å².